The van der Waals surface area contributed by atoms with Crippen LogP contribution in [0.25, 0.3) is 0 Å². The van der Waals surface area contributed by atoms with Crippen LogP contribution in [-0.2, 0) is 19.0 Å². The summed E-state index contributed by atoms with van der Waals surface area (Å²) in [5, 5.41) is 11.9. The number of cyclic esters (lactones) is 1. The first-order valence-corrected chi connectivity index (χ1v) is 15.1. The minimum atomic E-state index is -0.366. The van der Waals surface area contributed by atoms with Crippen LogP contribution in [0.2, 0.25) is 0 Å². The van der Waals surface area contributed by atoms with Crippen molar-refractivity contribution < 1.29 is 24.1 Å². The third-order valence-electron chi connectivity index (χ3n) is 11.6. The molecule has 0 amide bonds. The first-order chi connectivity index (χ1) is 18.4. The second-order valence-corrected chi connectivity index (χ2v) is 13.3. The number of nitrogens with zero attached hydrogens (tertiary/aromatic N) is 1. The molecular formula is C32H43NO5. The van der Waals surface area contributed by atoms with Crippen molar-refractivity contribution in [3.8, 4) is 0 Å². The molecule has 1 N–H and O–H groups in total. The summed E-state index contributed by atoms with van der Waals surface area (Å²) < 4.78 is 17.8. The van der Waals surface area contributed by atoms with Crippen LogP contribution < -0.4 is 0 Å². The van der Waals surface area contributed by atoms with Gasteiger partial charge in [0.2, 0.25) is 5.76 Å². The summed E-state index contributed by atoms with van der Waals surface area (Å²) in [6.45, 7) is 4.88. The molecule has 0 aromatic heterocycles. The first kappa shape index (κ1) is 25.0. The molecule has 0 aromatic rings. The zero-order valence-corrected chi connectivity index (χ0v) is 23.2. The van der Waals surface area contributed by atoms with Gasteiger partial charge in [-0.1, -0.05) is 38.3 Å². The second-order valence-electron chi connectivity index (χ2n) is 13.3. The van der Waals surface area contributed by atoms with E-state index in [-0.39, 0.29) is 41.4 Å². The lowest BCUT2D eigenvalue weighted by atomic mass is 9.67. The van der Waals surface area contributed by atoms with Gasteiger partial charge in [0.1, 0.15) is 5.76 Å². The van der Waals surface area contributed by atoms with E-state index in [0.29, 0.717) is 34.2 Å². The molecule has 5 aliphatic heterocycles. The van der Waals surface area contributed by atoms with E-state index in [9.17, 15) is 9.90 Å². The molecule has 4 fully saturated rings. The van der Waals surface area contributed by atoms with Crippen LogP contribution in [0.15, 0.2) is 46.8 Å². The number of aliphatic hydroxyl groups is 1. The summed E-state index contributed by atoms with van der Waals surface area (Å²) >= 11 is 0. The van der Waals surface area contributed by atoms with Gasteiger partial charge in [0.25, 0.3) is 0 Å². The van der Waals surface area contributed by atoms with Crippen molar-refractivity contribution in [2.24, 2.45) is 29.1 Å². The predicted molar refractivity (Wildman–Crippen MR) is 143 cm³/mol. The zero-order valence-electron chi connectivity index (χ0n) is 23.2. The number of hydrogen-bond donors (Lipinski definition) is 1. The SMILES string of the molecule is COC1=C(C)C(=O)OC1=C1OC2=C[C@@H]3C=C[C@]4(CCC[C@@H]([C@@H](O)C[C@@H]5CCCC56CCCC6)N4C3)[C@H]2[C@@H]1C. The molecule has 38 heavy (non-hydrogen) atoms. The highest BCUT2D eigenvalue weighted by molar-refractivity contribution is 5.93. The molecule has 8 aliphatic rings. The Morgan fingerprint density at radius 3 is 2.68 bits per heavy atom. The van der Waals surface area contributed by atoms with Gasteiger partial charge in [0, 0.05) is 30.3 Å². The number of methoxy groups -OCH3 is 1. The van der Waals surface area contributed by atoms with E-state index < -0.39 is 0 Å². The zero-order chi connectivity index (χ0) is 26.2. The van der Waals surface area contributed by atoms with Crippen molar-refractivity contribution in [3.63, 3.8) is 0 Å². The lowest BCUT2D eigenvalue weighted by Crippen LogP contribution is -2.64. The van der Waals surface area contributed by atoms with Gasteiger partial charge < -0.3 is 19.3 Å². The van der Waals surface area contributed by atoms with E-state index in [1.54, 1.807) is 14.0 Å². The molecule has 5 heterocycles. The van der Waals surface area contributed by atoms with Crippen molar-refractivity contribution in [2.45, 2.75) is 102 Å². The van der Waals surface area contributed by atoms with Gasteiger partial charge in [-0.3, -0.25) is 4.90 Å². The summed E-state index contributed by atoms with van der Waals surface area (Å²) in [5.41, 5.74) is 0.804. The van der Waals surface area contributed by atoms with Gasteiger partial charge in [-0.15, -0.1) is 0 Å². The Balaban J connectivity index is 1.20. The van der Waals surface area contributed by atoms with E-state index in [2.05, 4.69) is 30.1 Å². The Morgan fingerprint density at radius 2 is 1.89 bits per heavy atom. The summed E-state index contributed by atoms with van der Waals surface area (Å²) in [6.07, 6.45) is 20.5. The van der Waals surface area contributed by atoms with Crippen molar-refractivity contribution >= 4 is 5.97 Å². The number of rotatable bonds is 4. The van der Waals surface area contributed by atoms with Crippen LogP contribution in [-0.4, -0.2) is 47.3 Å². The predicted octanol–water partition coefficient (Wildman–Crippen LogP) is 5.75. The molecule has 2 bridgehead atoms. The Labute approximate surface area is 226 Å². The Hall–Kier alpha value is -2.05. The van der Waals surface area contributed by atoms with Gasteiger partial charge >= 0.3 is 5.97 Å². The van der Waals surface area contributed by atoms with Gasteiger partial charge in [-0.25, -0.2) is 4.79 Å². The maximum absolute atomic E-state index is 12.4. The number of esters is 1. The van der Waals surface area contributed by atoms with Gasteiger partial charge in [-0.2, -0.15) is 0 Å². The van der Waals surface area contributed by atoms with Crippen LogP contribution in [0.4, 0.5) is 0 Å². The first-order valence-electron chi connectivity index (χ1n) is 15.1. The van der Waals surface area contributed by atoms with E-state index in [1.165, 1.54) is 44.9 Å². The lowest BCUT2D eigenvalue weighted by molar-refractivity contribution is -0.133. The number of carbonyl (C=O) groups excluding carboxylic acids is 1. The van der Waals surface area contributed by atoms with E-state index >= 15 is 0 Å². The summed E-state index contributed by atoms with van der Waals surface area (Å²) in [6, 6.07) is 0.174. The normalized spacial score (nSPS) is 42.2. The topological polar surface area (TPSA) is 68.2 Å². The molecule has 2 saturated heterocycles. The molecular weight excluding hydrogens is 478 g/mol. The largest absolute Gasteiger partial charge is 0.492 e. The standard InChI is InChI=1S/C32H43NO5/c1-19-26-25(37-28(19)29-27(36-3)20(2)30(35)38-29)16-21-10-15-32(26)14-7-9-23(33(32)18-21)24(34)17-22-8-6-13-31(22)11-4-5-12-31/h10,15-16,19,21-24,26,34H,4-9,11-14,17-18H2,1-3H3/t19-,21-,22-,23-,24-,26-,32+/m0/s1. The van der Waals surface area contributed by atoms with Crippen molar-refractivity contribution in [1.29, 1.82) is 0 Å². The summed E-state index contributed by atoms with van der Waals surface area (Å²) in [4.78, 5) is 15.1. The summed E-state index contributed by atoms with van der Waals surface area (Å²) in [5.74, 6) is 3.33. The Bertz CT molecular complexity index is 1140. The maximum Gasteiger partial charge on any atom is 0.343 e. The number of ether oxygens (including phenoxy) is 3. The number of allylic oxidation sites excluding steroid dienone is 1. The van der Waals surface area contributed by atoms with E-state index in [0.717, 1.165) is 38.0 Å². The average Bonchev–Trinajstić information content (AvgIpc) is 3.64. The Kier molecular flexibility index (Phi) is 5.90. The molecule has 2 saturated carbocycles. The number of aliphatic hydroxyl groups excluding tert-OH is 1. The monoisotopic (exact) mass is 521 g/mol. The van der Waals surface area contributed by atoms with Crippen LogP contribution in [0, 0.1) is 29.1 Å². The highest BCUT2D eigenvalue weighted by Crippen LogP contribution is 2.59. The fourth-order valence-corrected chi connectivity index (χ4v) is 9.82. The molecule has 0 radical (unpaired) electrons. The van der Waals surface area contributed by atoms with Gasteiger partial charge in [-0.05, 0) is 75.7 Å². The molecule has 8 rings (SSSR count). The third kappa shape index (κ3) is 3.48. The number of piperidine rings is 1. The van der Waals surface area contributed by atoms with E-state index in [1.807, 2.05) is 0 Å². The number of hydrogen-bond acceptors (Lipinski definition) is 6. The minimum Gasteiger partial charge on any atom is -0.492 e. The van der Waals surface area contributed by atoms with Crippen LogP contribution in [0.3, 0.4) is 0 Å². The molecule has 206 valence electrons. The third-order valence-corrected chi connectivity index (χ3v) is 11.6. The van der Waals surface area contributed by atoms with Crippen molar-refractivity contribution in [3.05, 3.63) is 46.8 Å². The van der Waals surface area contributed by atoms with Crippen LogP contribution in [0.5, 0.6) is 0 Å². The fraction of sp³-hybridized carbons (Fsp3) is 0.719. The maximum atomic E-state index is 12.4. The van der Waals surface area contributed by atoms with E-state index in [4.69, 9.17) is 14.2 Å². The molecule has 3 aliphatic carbocycles. The minimum absolute atomic E-state index is 0.0246. The molecule has 6 heteroatoms. The second kappa shape index (κ2) is 8.99. The lowest BCUT2D eigenvalue weighted by Gasteiger charge is -2.56. The van der Waals surface area contributed by atoms with Gasteiger partial charge in [0.05, 0.1) is 24.3 Å². The smallest absolute Gasteiger partial charge is 0.343 e. The van der Waals surface area contributed by atoms with Crippen molar-refractivity contribution in [1.82, 2.24) is 4.90 Å². The summed E-state index contributed by atoms with van der Waals surface area (Å²) in [7, 11) is 1.58. The van der Waals surface area contributed by atoms with Crippen LogP contribution >= 0.6 is 0 Å². The fourth-order valence-electron chi connectivity index (χ4n) is 9.82. The quantitative estimate of drug-likeness (QED) is 0.376. The average molecular weight is 522 g/mol. The molecule has 7 atom stereocenters. The van der Waals surface area contributed by atoms with Gasteiger partial charge in [0.15, 0.2) is 11.5 Å². The molecule has 2 spiro atoms. The highest BCUT2D eigenvalue weighted by atomic mass is 16.6. The molecule has 0 unspecified atom stereocenters. The Morgan fingerprint density at radius 1 is 1.13 bits per heavy atom. The molecule has 6 nitrogen and oxygen atoms in total. The number of carbonyl (C=O) groups is 1. The van der Waals surface area contributed by atoms with Crippen LogP contribution in [0.1, 0.15) is 84.5 Å². The molecule has 0 aromatic carbocycles. The highest BCUT2D eigenvalue weighted by Gasteiger charge is 2.59. The van der Waals surface area contributed by atoms with Crippen molar-refractivity contribution in [2.75, 3.05) is 13.7 Å².